The van der Waals surface area contributed by atoms with E-state index in [2.05, 4.69) is 5.32 Å². The molecule has 2 aromatic rings. The number of halogens is 1. The van der Waals surface area contributed by atoms with Crippen molar-refractivity contribution in [2.45, 2.75) is 43.6 Å². The molecule has 0 bridgehead atoms. The minimum atomic E-state index is -3.63. The van der Waals surface area contributed by atoms with Gasteiger partial charge in [0, 0.05) is 26.2 Å². The second kappa shape index (κ2) is 11.1. The van der Waals surface area contributed by atoms with Crippen LogP contribution in [0.3, 0.4) is 0 Å². The Balaban J connectivity index is 1.53. The van der Waals surface area contributed by atoms with Gasteiger partial charge in [-0.25, -0.2) is 8.42 Å². The van der Waals surface area contributed by atoms with Gasteiger partial charge in [-0.3, -0.25) is 4.79 Å². The lowest BCUT2D eigenvalue weighted by atomic mass is 10.1. The SMILES string of the molecule is CC(OCCCNC(=O)c1cc(S(=O)(=O)N2CCCCC2)ccc1Cl)c1ccccc1. The number of rotatable bonds is 9. The molecule has 1 aliphatic rings. The highest BCUT2D eigenvalue weighted by molar-refractivity contribution is 7.89. The first-order chi connectivity index (χ1) is 14.9. The molecule has 168 valence electrons. The highest BCUT2D eigenvalue weighted by Gasteiger charge is 2.27. The van der Waals surface area contributed by atoms with Crippen LogP contribution in [-0.4, -0.2) is 44.9 Å². The van der Waals surface area contributed by atoms with Gasteiger partial charge in [-0.2, -0.15) is 4.31 Å². The Labute approximate surface area is 189 Å². The van der Waals surface area contributed by atoms with Gasteiger partial charge >= 0.3 is 0 Å². The zero-order valence-electron chi connectivity index (χ0n) is 17.7. The number of hydrogen-bond donors (Lipinski definition) is 1. The maximum atomic E-state index is 12.9. The number of nitrogens with zero attached hydrogens (tertiary/aromatic N) is 1. The van der Waals surface area contributed by atoms with Gasteiger partial charge in [-0.15, -0.1) is 0 Å². The van der Waals surface area contributed by atoms with Gasteiger partial charge in [0.1, 0.15) is 0 Å². The van der Waals surface area contributed by atoms with E-state index in [1.807, 2.05) is 37.3 Å². The van der Waals surface area contributed by atoms with Crippen molar-refractivity contribution in [1.82, 2.24) is 9.62 Å². The number of amides is 1. The molecule has 1 atom stereocenters. The summed E-state index contributed by atoms with van der Waals surface area (Å²) in [5, 5.41) is 3.03. The zero-order valence-corrected chi connectivity index (χ0v) is 19.3. The molecule has 1 N–H and O–H groups in total. The first-order valence-electron chi connectivity index (χ1n) is 10.6. The van der Waals surface area contributed by atoms with Gasteiger partial charge in [-0.05, 0) is 49.9 Å². The van der Waals surface area contributed by atoms with Crippen LogP contribution in [0.4, 0.5) is 0 Å². The van der Waals surface area contributed by atoms with Crippen molar-refractivity contribution in [1.29, 1.82) is 0 Å². The van der Waals surface area contributed by atoms with Gasteiger partial charge in [0.05, 0.1) is 21.6 Å². The Hall–Kier alpha value is -1.93. The molecule has 3 rings (SSSR count). The Morgan fingerprint density at radius 3 is 2.55 bits per heavy atom. The van der Waals surface area contributed by atoms with E-state index in [0.717, 1.165) is 24.8 Å². The van der Waals surface area contributed by atoms with E-state index >= 15 is 0 Å². The smallest absolute Gasteiger partial charge is 0.252 e. The molecule has 8 heteroatoms. The molecule has 0 saturated carbocycles. The summed E-state index contributed by atoms with van der Waals surface area (Å²) in [5.74, 6) is -0.392. The zero-order chi connectivity index (χ0) is 22.3. The summed E-state index contributed by atoms with van der Waals surface area (Å²) in [6.07, 6.45) is 3.35. The van der Waals surface area contributed by atoms with Crippen LogP contribution >= 0.6 is 11.6 Å². The summed E-state index contributed by atoms with van der Waals surface area (Å²) in [5.41, 5.74) is 1.27. The topological polar surface area (TPSA) is 75.7 Å². The molecule has 0 radical (unpaired) electrons. The average Bonchev–Trinajstić information content (AvgIpc) is 2.80. The Kier molecular flexibility index (Phi) is 8.49. The summed E-state index contributed by atoms with van der Waals surface area (Å²) < 4.78 is 33.1. The van der Waals surface area contributed by atoms with Crippen LogP contribution in [0.5, 0.6) is 0 Å². The van der Waals surface area contributed by atoms with Gasteiger partial charge in [0.15, 0.2) is 0 Å². The predicted molar refractivity (Wildman–Crippen MR) is 122 cm³/mol. The van der Waals surface area contributed by atoms with Crippen molar-refractivity contribution < 1.29 is 17.9 Å². The maximum absolute atomic E-state index is 12.9. The van der Waals surface area contributed by atoms with Gasteiger partial charge in [-0.1, -0.05) is 48.4 Å². The number of benzene rings is 2. The molecule has 0 spiro atoms. The van der Waals surface area contributed by atoms with Crippen LogP contribution in [0.2, 0.25) is 5.02 Å². The summed E-state index contributed by atoms with van der Waals surface area (Å²) in [7, 11) is -3.63. The third-order valence-corrected chi connectivity index (χ3v) is 7.60. The Bertz CT molecular complexity index is 976. The molecular weight excluding hydrogens is 436 g/mol. The second-order valence-electron chi connectivity index (χ2n) is 7.64. The normalized spacial score (nSPS) is 16.1. The Morgan fingerprint density at radius 1 is 1.13 bits per heavy atom. The maximum Gasteiger partial charge on any atom is 0.252 e. The lowest BCUT2D eigenvalue weighted by Crippen LogP contribution is -2.35. The lowest BCUT2D eigenvalue weighted by Gasteiger charge is -2.26. The van der Waals surface area contributed by atoms with Crippen LogP contribution in [0.25, 0.3) is 0 Å². The van der Waals surface area contributed by atoms with Crippen LogP contribution < -0.4 is 5.32 Å². The predicted octanol–water partition coefficient (Wildman–Crippen LogP) is 4.41. The quantitative estimate of drug-likeness (QED) is 0.557. The van der Waals surface area contributed by atoms with Crippen LogP contribution in [0.1, 0.15) is 54.6 Å². The molecular formula is C23H29ClN2O4S. The minimum absolute atomic E-state index is 0.0250. The first kappa shape index (κ1) is 23.7. The number of nitrogens with one attached hydrogen (secondary N) is 1. The average molecular weight is 465 g/mol. The monoisotopic (exact) mass is 464 g/mol. The van der Waals surface area contributed by atoms with E-state index in [1.54, 1.807) is 0 Å². The fourth-order valence-corrected chi connectivity index (χ4v) is 5.29. The minimum Gasteiger partial charge on any atom is -0.374 e. The number of sulfonamides is 1. The van der Waals surface area contributed by atoms with Gasteiger partial charge < -0.3 is 10.1 Å². The van der Waals surface area contributed by atoms with Crippen molar-refractivity contribution in [3.63, 3.8) is 0 Å². The van der Waals surface area contributed by atoms with Crippen LogP contribution in [-0.2, 0) is 14.8 Å². The van der Waals surface area contributed by atoms with E-state index < -0.39 is 15.9 Å². The van der Waals surface area contributed by atoms with Crippen molar-refractivity contribution in [3.05, 3.63) is 64.7 Å². The van der Waals surface area contributed by atoms with E-state index in [4.69, 9.17) is 16.3 Å². The first-order valence-corrected chi connectivity index (χ1v) is 12.5. The van der Waals surface area contributed by atoms with E-state index in [1.165, 1.54) is 22.5 Å². The third-order valence-electron chi connectivity index (χ3n) is 5.38. The summed E-state index contributed by atoms with van der Waals surface area (Å²) >= 11 is 6.18. The van der Waals surface area contributed by atoms with E-state index in [0.29, 0.717) is 32.7 Å². The number of carbonyl (C=O) groups excluding carboxylic acids is 1. The standard InChI is InChI=1S/C23H29ClN2O4S/c1-18(19-9-4-2-5-10-19)30-16-8-13-25-23(27)21-17-20(11-12-22(21)24)31(28,29)26-14-6-3-7-15-26/h2,4-5,9-12,17-18H,3,6-8,13-16H2,1H3,(H,25,27). The van der Waals surface area contributed by atoms with Gasteiger partial charge in [0.2, 0.25) is 10.0 Å². The molecule has 0 aliphatic carbocycles. The molecule has 1 fully saturated rings. The molecule has 1 amide bonds. The summed E-state index contributed by atoms with van der Waals surface area (Å²) in [6.45, 7) is 3.90. The van der Waals surface area contributed by atoms with Crippen molar-refractivity contribution >= 4 is 27.5 Å². The highest BCUT2D eigenvalue weighted by Crippen LogP contribution is 2.25. The largest absolute Gasteiger partial charge is 0.374 e. The molecule has 6 nitrogen and oxygen atoms in total. The Morgan fingerprint density at radius 2 is 1.84 bits per heavy atom. The van der Waals surface area contributed by atoms with Crippen molar-refractivity contribution in [3.8, 4) is 0 Å². The molecule has 1 saturated heterocycles. The van der Waals surface area contributed by atoms with E-state index in [-0.39, 0.29) is 21.6 Å². The molecule has 31 heavy (non-hydrogen) atoms. The van der Waals surface area contributed by atoms with Crippen molar-refractivity contribution in [2.24, 2.45) is 0 Å². The number of hydrogen-bond acceptors (Lipinski definition) is 4. The van der Waals surface area contributed by atoms with Gasteiger partial charge in [0.25, 0.3) is 5.91 Å². The van der Waals surface area contributed by atoms with Crippen LogP contribution in [0.15, 0.2) is 53.4 Å². The molecule has 2 aromatic carbocycles. The molecule has 1 unspecified atom stereocenters. The highest BCUT2D eigenvalue weighted by atomic mass is 35.5. The fourth-order valence-electron chi connectivity index (χ4n) is 3.54. The number of piperidine rings is 1. The summed E-state index contributed by atoms with van der Waals surface area (Å²) in [6, 6.07) is 14.2. The van der Waals surface area contributed by atoms with E-state index in [9.17, 15) is 13.2 Å². The molecule has 1 aliphatic heterocycles. The van der Waals surface area contributed by atoms with Crippen molar-refractivity contribution in [2.75, 3.05) is 26.2 Å². The molecule has 1 heterocycles. The summed E-state index contributed by atoms with van der Waals surface area (Å²) in [4.78, 5) is 12.7. The number of carbonyl (C=O) groups is 1. The third kappa shape index (κ3) is 6.29. The lowest BCUT2D eigenvalue weighted by molar-refractivity contribution is 0.0635. The van der Waals surface area contributed by atoms with Crippen LogP contribution in [0, 0.1) is 0 Å². The molecule has 0 aromatic heterocycles. The second-order valence-corrected chi connectivity index (χ2v) is 9.98. The number of ether oxygens (including phenoxy) is 1. The fraction of sp³-hybridized carbons (Fsp3) is 0.435.